The number of rotatable bonds is 5. The number of hydrogen-bond acceptors (Lipinski definition) is 5. The van der Waals surface area contributed by atoms with E-state index < -0.39 is 0 Å². The second-order valence-corrected chi connectivity index (χ2v) is 8.49. The van der Waals surface area contributed by atoms with Crippen molar-refractivity contribution in [3.8, 4) is 5.75 Å². The minimum absolute atomic E-state index is 0.0316. The number of fused-ring (bicyclic) bond motifs is 4. The van der Waals surface area contributed by atoms with E-state index in [0.717, 1.165) is 12.1 Å². The molecule has 2 aliphatic rings. The van der Waals surface area contributed by atoms with Crippen LogP contribution in [0.3, 0.4) is 0 Å². The topological polar surface area (TPSA) is 93.5 Å². The molecule has 8 nitrogen and oxygen atoms in total. The van der Waals surface area contributed by atoms with Crippen molar-refractivity contribution in [1.82, 2.24) is 14.5 Å². The number of anilines is 1. The predicted molar refractivity (Wildman–Crippen MR) is 122 cm³/mol. The number of piperidine rings is 1. The van der Waals surface area contributed by atoms with Crippen LogP contribution in [0.2, 0.25) is 0 Å². The number of benzene rings is 1. The number of likely N-dealkylation sites (tertiary alicyclic amines) is 1. The third-order valence-electron chi connectivity index (χ3n) is 6.19. The molecule has 1 fully saturated rings. The van der Waals surface area contributed by atoms with Crippen LogP contribution in [-0.2, 0) is 11.3 Å². The number of nitrogens with one attached hydrogen (secondary N) is 1. The maximum absolute atomic E-state index is 13.1. The molecule has 0 aliphatic carbocycles. The molecule has 0 spiro atoms. The molecule has 1 saturated heterocycles. The van der Waals surface area contributed by atoms with Gasteiger partial charge in [-0.15, -0.1) is 0 Å². The van der Waals surface area contributed by atoms with Gasteiger partial charge in [0.05, 0.1) is 5.56 Å². The highest BCUT2D eigenvalue weighted by Crippen LogP contribution is 2.36. The van der Waals surface area contributed by atoms with Gasteiger partial charge in [0.2, 0.25) is 0 Å². The number of hydrogen-bond donors (Lipinski definition) is 1. The fraction of sp³-hybridized carbons (Fsp3) is 0.280. The largest absolute Gasteiger partial charge is 0.484 e. The molecular weight excluding hydrogens is 420 g/mol. The first kappa shape index (κ1) is 20.9. The molecule has 1 N–H and O–H groups in total. The van der Waals surface area contributed by atoms with Gasteiger partial charge in [-0.1, -0.05) is 18.2 Å². The quantitative estimate of drug-likeness (QED) is 0.653. The molecule has 0 unspecified atom stereocenters. The van der Waals surface area contributed by atoms with Crippen LogP contribution in [0, 0.1) is 5.92 Å². The van der Waals surface area contributed by atoms with Gasteiger partial charge in [0.1, 0.15) is 11.4 Å². The molecule has 168 valence electrons. The van der Waals surface area contributed by atoms with Crippen LogP contribution in [-0.4, -0.2) is 46.0 Å². The summed E-state index contributed by atoms with van der Waals surface area (Å²) in [5, 5.41) is 2.68. The third-order valence-corrected chi connectivity index (χ3v) is 6.19. The van der Waals surface area contributed by atoms with Gasteiger partial charge in [-0.3, -0.25) is 19.4 Å². The Morgan fingerprint density at radius 2 is 1.88 bits per heavy atom. The van der Waals surface area contributed by atoms with Crippen molar-refractivity contribution in [2.75, 3.05) is 25.0 Å². The van der Waals surface area contributed by atoms with Crippen molar-refractivity contribution in [3.05, 3.63) is 88.6 Å². The normalized spacial score (nSPS) is 18.8. The lowest BCUT2D eigenvalue weighted by Gasteiger charge is -2.42. The Balaban J connectivity index is 1.29. The molecule has 33 heavy (non-hydrogen) atoms. The van der Waals surface area contributed by atoms with Crippen LogP contribution < -0.4 is 15.6 Å². The SMILES string of the molecule is O=C(COc1ccccc1)Nc1ccc2n(c1=O)C[C@H]1C[C@@H]2CN(C(=O)c2cccnc2)C1. The first-order chi connectivity index (χ1) is 16.1. The number of pyridine rings is 2. The molecule has 8 heteroatoms. The smallest absolute Gasteiger partial charge is 0.274 e. The van der Waals surface area contributed by atoms with E-state index in [1.807, 2.05) is 29.2 Å². The highest BCUT2D eigenvalue weighted by molar-refractivity contribution is 5.94. The highest BCUT2D eigenvalue weighted by Gasteiger charge is 2.37. The van der Waals surface area contributed by atoms with Gasteiger partial charge in [0, 0.05) is 43.6 Å². The van der Waals surface area contributed by atoms with Gasteiger partial charge in [-0.2, -0.15) is 0 Å². The lowest BCUT2D eigenvalue weighted by Crippen LogP contribution is -2.49. The van der Waals surface area contributed by atoms with Crippen LogP contribution in [0.4, 0.5) is 5.69 Å². The number of para-hydroxylation sites is 1. The minimum atomic E-state index is -0.388. The van der Waals surface area contributed by atoms with Crippen LogP contribution in [0.15, 0.2) is 71.8 Å². The molecule has 3 aromatic rings. The number of nitrogens with zero attached hydrogens (tertiary/aromatic N) is 3. The van der Waals surface area contributed by atoms with Crippen LogP contribution in [0.1, 0.15) is 28.4 Å². The fourth-order valence-electron chi connectivity index (χ4n) is 4.73. The third kappa shape index (κ3) is 4.37. The molecular formula is C25H24N4O4. The number of amides is 2. The summed E-state index contributed by atoms with van der Waals surface area (Å²) in [5.74, 6) is 0.434. The molecule has 0 saturated carbocycles. The zero-order valence-corrected chi connectivity index (χ0v) is 18.0. The minimum Gasteiger partial charge on any atom is -0.484 e. The van der Waals surface area contributed by atoms with Gasteiger partial charge in [0.15, 0.2) is 6.61 Å². The van der Waals surface area contributed by atoms with Crippen molar-refractivity contribution < 1.29 is 14.3 Å². The molecule has 5 rings (SSSR count). The summed E-state index contributed by atoms with van der Waals surface area (Å²) < 4.78 is 7.21. The van der Waals surface area contributed by atoms with Gasteiger partial charge >= 0.3 is 0 Å². The average molecular weight is 444 g/mol. The molecule has 2 amide bonds. The summed E-state index contributed by atoms with van der Waals surface area (Å²) in [5.41, 5.74) is 1.50. The van der Waals surface area contributed by atoms with Crippen LogP contribution in [0.5, 0.6) is 5.75 Å². The monoisotopic (exact) mass is 444 g/mol. The summed E-state index contributed by atoms with van der Waals surface area (Å²) in [6, 6.07) is 16.1. The molecule has 2 aliphatic heterocycles. The van der Waals surface area contributed by atoms with Crippen molar-refractivity contribution in [1.29, 1.82) is 0 Å². The number of carbonyl (C=O) groups is 2. The van der Waals surface area contributed by atoms with Crippen molar-refractivity contribution in [3.63, 3.8) is 0 Å². The van der Waals surface area contributed by atoms with Crippen LogP contribution >= 0.6 is 0 Å². The maximum Gasteiger partial charge on any atom is 0.274 e. The Bertz CT molecular complexity index is 1230. The van der Waals surface area contributed by atoms with E-state index in [0.29, 0.717) is 30.9 Å². The van der Waals surface area contributed by atoms with Gasteiger partial charge in [0.25, 0.3) is 17.4 Å². The fourth-order valence-corrected chi connectivity index (χ4v) is 4.73. The molecule has 0 radical (unpaired) electrons. The van der Waals surface area contributed by atoms with E-state index >= 15 is 0 Å². The summed E-state index contributed by atoms with van der Waals surface area (Å²) in [7, 11) is 0. The van der Waals surface area contributed by atoms with E-state index in [1.54, 1.807) is 47.3 Å². The summed E-state index contributed by atoms with van der Waals surface area (Å²) in [4.78, 5) is 44.2. The summed E-state index contributed by atoms with van der Waals surface area (Å²) in [6.07, 6.45) is 4.17. The van der Waals surface area contributed by atoms with Crippen molar-refractivity contribution in [2.45, 2.75) is 18.9 Å². The van der Waals surface area contributed by atoms with E-state index in [9.17, 15) is 14.4 Å². The second-order valence-electron chi connectivity index (χ2n) is 8.49. The standard InChI is InChI=1S/C25H24N4O4/c30-23(16-33-20-6-2-1-3-7-20)27-21-8-9-22-19-11-17(14-29(22)25(21)32)13-28(15-19)24(31)18-5-4-10-26-12-18/h1-10,12,17,19H,11,13-16H2,(H,27,30)/t17-,19+/m0/s1. The molecule has 2 atom stereocenters. The number of carbonyl (C=O) groups excluding carboxylic acids is 2. The Kier molecular flexibility index (Phi) is 5.64. The lowest BCUT2D eigenvalue weighted by molar-refractivity contribution is -0.118. The van der Waals surface area contributed by atoms with E-state index in [1.165, 1.54) is 0 Å². The molecule has 2 bridgehead atoms. The maximum atomic E-state index is 13.1. The Hall–Kier alpha value is -3.94. The Morgan fingerprint density at radius 3 is 2.67 bits per heavy atom. The van der Waals surface area contributed by atoms with Crippen molar-refractivity contribution >= 4 is 17.5 Å². The van der Waals surface area contributed by atoms with E-state index in [4.69, 9.17) is 4.74 Å². The van der Waals surface area contributed by atoms with Crippen molar-refractivity contribution in [2.24, 2.45) is 5.92 Å². The highest BCUT2D eigenvalue weighted by atomic mass is 16.5. The number of ether oxygens (including phenoxy) is 1. The average Bonchev–Trinajstić information content (AvgIpc) is 2.85. The van der Waals surface area contributed by atoms with E-state index in [-0.39, 0.29) is 41.5 Å². The first-order valence-electron chi connectivity index (χ1n) is 11.0. The van der Waals surface area contributed by atoms with Gasteiger partial charge in [-0.25, -0.2) is 0 Å². The Morgan fingerprint density at radius 1 is 1.03 bits per heavy atom. The van der Waals surface area contributed by atoms with E-state index in [2.05, 4.69) is 10.3 Å². The molecule has 2 aromatic heterocycles. The predicted octanol–water partition coefficient (Wildman–Crippen LogP) is 2.52. The first-order valence-corrected chi connectivity index (χ1v) is 11.0. The Labute approximate surface area is 190 Å². The summed E-state index contributed by atoms with van der Waals surface area (Å²) in [6.45, 7) is 1.49. The van der Waals surface area contributed by atoms with Gasteiger partial charge in [-0.05, 0) is 48.7 Å². The molecule has 4 heterocycles. The number of aromatic nitrogens is 2. The van der Waals surface area contributed by atoms with Gasteiger partial charge < -0.3 is 19.5 Å². The lowest BCUT2D eigenvalue weighted by atomic mass is 9.83. The van der Waals surface area contributed by atoms with Crippen LogP contribution in [0.25, 0.3) is 0 Å². The zero-order valence-electron chi connectivity index (χ0n) is 18.0. The zero-order chi connectivity index (χ0) is 22.8. The summed E-state index contributed by atoms with van der Waals surface area (Å²) >= 11 is 0. The molecule has 1 aromatic carbocycles. The second kappa shape index (κ2) is 8.90.